The van der Waals surface area contributed by atoms with Gasteiger partial charge in [0.15, 0.2) is 0 Å². The van der Waals surface area contributed by atoms with E-state index in [2.05, 4.69) is 43.5 Å². The molecule has 2 N–H and O–H groups in total. The van der Waals surface area contributed by atoms with Gasteiger partial charge in [-0.05, 0) is 41.4 Å². The summed E-state index contributed by atoms with van der Waals surface area (Å²) < 4.78 is 1.01. The number of aryl methyl sites for hydroxylation is 1. The van der Waals surface area contributed by atoms with Gasteiger partial charge in [-0.15, -0.1) is 0 Å². The van der Waals surface area contributed by atoms with Crippen LogP contribution < -0.4 is 10.6 Å². The van der Waals surface area contributed by atoms with Gasteiger partial charge < -0.3 is 10.6 Å². The lowest BCUT2D eigenvalue weighted by atomic mass is 10.3. The number of rotatable bonds is 6. The molecule has 1 heterocycles. The molecule has 2 aromatic rings. The predicted octanol–water partition coefficient (Wildman–Crippen LogP) is 4.50. The smallest absolute Gasteiger partial charge is 0.224 e. The second-order valence-corrected chi connectivity index (χ2v) is 5.46. The molecule has 2 rings (SSSR count). The number of anilines is 3. The number of unbranched alkanes of at least 4 members (excludes halogenated alkanes) is 1. The van der Waals surface area contributed by atoms with E-state index >= 15 is 0 Å². The third kappa shape index (κ3) is 4.20. The van der Waals surface area contributed by atoms with Gasteiger partial charge in [-0.25, -0.2) is 4.98 Å². The van der Waals surface area contributed by atoms with Gasteiger partial charge in [-0.3, -0.25) is 0 Å². The molecule has 106 valence electrons. The van der Waals surface area contributed by atoms with E-state index in [0.717, 1.165) is 41.1 Å². The molecule has 0 bridgehead atoms. The number of nitrogens with one attached hydrogen (secondary N) is 2. The molecule has 0 spiro atoms. The van der Waals surface area contributed by atoms with Gasteiger partial charge in [-0.1, -0.05) is 25.5 Å². The van der Waals surface area contributed by atoms with Crippen molar-refractivity contribution >= 4 is 33.4 Å². The van der Waals surface area contributed by atoms with E-state index < -0.39 is 0 Å². The zero-order chi connectivity index (χ0) is 14.4. The van der Waals surface area contributed by atoms with Crippen LogP contribution in [-0.2, 0) is 0 Å². The molecule has 0 aliphatic rings. The van der Waals surface area contributed by atoms with Crippen LogP contribution >= 0.6 is 15.9 Å². The highest BCUT2D eigenvalue weighted by molar-refractivity contribution is 9.10. The van der Waals surface area contributed by atoms with Crippen LogP contribution in [0.1, 0.15) is 25.5 Å². The molecule has 0 saturated heterocycles. The molecule has 1 aromatic carbocycles. The fourth-order valence-corrected chi connectivity index (χ4v) is 2.17. The number of nitrogens with zero attached hydrogens (tertiary/aromatic N) is 2. The van der Waals surface area contributed by atoms with Crippen LogP contribution in [0.5, 0.6) is 0 Å². The third-order valence-corrected chi connectivity index (χ3v) is 3.50. The van der Waals surface area contributed by atoms with Crippen LogP contribution in [0.15, 0.2) is 34.8 Å². The Hall–Kier alpha value is -1.62. The fraction of sp³-hybridized carbons (Fsp3) is 0.333. The summed E-state index contributed by atoms with van der Waals surface area (Å²) in [5.74, 6) is 1.47. The average Bonchev–Trinajstić information content (AvgIpc) is 2.41. The standard InChI is InChI=1S/C15H19BrN4/c1-3-4-9-17-15-18-11(2)10-14(20-15)19-13-8-6-5-7-12(13)16/h5-8,10H,3-4,9H2,1-2H3,(H2,17,18,19,20). The molecule has 0 aliphatic carbocycles. The first-order valence-electron chi connectivity index (χ1n) is 6.80. The van der Waals surface area contributed by atoms with E-state index in [4.69, 9.17) is 0 Å². The van der Waals surface area contributed by atoms with Gasteiger partial charge in [0.25, 0.3) is 0 Å². The summed E-state index contributed by atoms with van der Waals surface area (Å²) in [5, 5.41) is 6.56. The Kier molecular flexibility index (Phi) is 5.35. The first-order chi connectivity index (χ1) is 9.69. The quantitative estimate of drug-likeness (QED) is 0.763. The summed E-state index contributed by atoms with van der Waals surface area (Å²) in [7, 11) is 0. The van der Waals surface area contributed by atoms with Crippen molar-refractivity contribution in [2.45, 2.75) is 26.7 Å². The van der Waals surface area contributed by atoms with Gasteiger partial charge >= 0.3 is 0 Å². The summed E-state index contributed by atoms with van der Waals surface area (Å²) in [5.41, 5.74) is 1.93. The van der Waals surface area contributed by atoms with Crippen molar-refractivity contribution in [1.82, 2.24) is 9.97 Å². The van der Waals surface area contributed by atoms with Crippen molar-refractivity contribution < 1.29 is 0 Å². The second-order valence-electron chi connectivity index (χ2n) is 4.60. The Balaban J connectivity index is 2.13. The maximum atomic E-state index is 4.49. The molecule has 1 aromatic heterocycles. The number of aromatic nitrogens is 2. The SMILES string of the molecule is CCCCNc1nc(C)cc(Nc2ccccc2Br)n1. The minimum absolute atomic E-state index is 0.674. The monoisotopic (exact) mass is 334 g/mol. The summed E-state index contributed by atoms with van der Waals surface area (Å²) in [6.07, 6.45) is 2.27. The first kappa shape index (κ1) is 14.8. The van der Waals surface area contributed by atoms with Crippen LogP contribution in [-0.4, -0.2) is 16.5 Å². The number of hydrogen-bond acceptors (Lipinski definition) is 4. The average molecular weight is 335 g/mol. The van der Waals surface area contributed by atoms with E-state index in [1.807, 2.05) is 37.3 Å². The van der Waals surface area contributed by atoms with E-state index in [0.29, 0.717) is 5.95 Å². The van der Waals surface area contributed by atoms with Crippen LogP contribution in [0.2, 0.25) is 0 Å². The fourth-order valence-electron chi connectivity index (χ4n) is 1.79. The molecule has 0 amide bonds. The number of hydrogen-bond donors (Lipinski definition) is 2. The molecular formula is C15H19BrN4. The highest BCUT2D eigenvalue weighted by atomic mass is 79.9. The predicted molar refractivity (Wildman–Crippen MR) is 87.6 cm³/mol. The molecule has 4 nitrogen and oxygen atoms in total. The zero-order valence-electron chi connectivity index (χ0n) is 11.8. The highest BCUT2D eigenvalue weighted by Gasteiger charge is 2.04. The van der Waals surface area contributed by atoms with Gasteiger partial charge in [0, 0.05) is 22.8 Å². The zero-order valence-corrected chi connectivity index (χ0v) is 13.4. The van der Waals surface area contributed by atoms with E-state index in [-0.39, 0.29) is 0 Å². The Morgan fingerprint density at radius 3 is 2.75 bits per heavy atom. The molecule has 0 unspecified atom stereocenters. The van der Waals surface area contributed by atoms with E-state index in [1.54, 1.807) is 0 Å². The molecule has 0 aliphatic heterocycles. The highest BCUT2D eigenvalue weighted by Crippen LogP contribution is 2.25. The first-order valence-corrected chi connectivity index (χ1v) is 7.59. The van der Waals surface area contributed by atoms with Crippen molar-refractivity contribution in [3.05, 3.63) is 40.5 Å². The summed E-state index contributed by atoms with van der Waals surface area (Å²) in [4.78, 5) is 8.88. The van der Waals surface area contributed by atoms with Crippen molar-refractivity contribution in [3.8, 4) is 0 Å². The normalized spacial score (nSPS) is 10.3. The summed E-state index contributed by atoms with van der Waals surface area (Å²) in [6, 6.07) is 9.91. The maximum Gasteiger partial charge on any atom is 0.224 e. The van der Waals surface area contributed by atoms with Crippen molar-refractivity contribution in [3.63, 3.8) is 0 Å². The lowest BCUT2D eigenvalue weighted by Gasteiger charge is -2.10. The van der Waals surface area contributed by atoms with Crippen LogP contribution in [0.4, 0.5) is 17.5 Å². The second kappa shape index (κ2) is 7.24. The minimum atomic E-state index is 0.674. The Morgan fingerprint density at radius 2 is 2.00 bits per heavy atom. The Bertz CT molecular complexity index is 572. The lowest BCUT2D eigenvalue weighted by molar-refractivity contribution is 0.825. The molecule has 0 fully saturated rings. The minimum Gasteiger partial charge on any atom is -0.354 e. The molecule has 5 heteroatoms. The number of halogens is 1. The van der Waals surface area contributed by atoms with Crippen LogP contribution in [0.3, 0.4) is 0 Å². The van der Waals surface area contributed by atoms with Gasteiger partial charge in [0.2, 0.25) is 5.95 Å². The molecule has 20 heavy (non-hydrogen) atoms. The van der Waals surface area contributed by atoms with Gasteiger partial charge in [0.1, 0.15) is 5.82 Å². The Labute approximate surface area is 128 Å². The molecule has 0 radical (unpaired) electrons. The topological polar surface area (TPSA) is 49.8 Å². The van der Waals surface area contributed by atoms with Crippen LogP contribution in [0, 0.1) is 6.92 Å². The molecule has 0 atom stereocenters. The Morgan fingerprint density at radius 1 is 1.20 bits per heavy atom. The summed E-state index contributed by atoms with van der Waals surface area (Å²) in [6.45, 7) is 5.03. The summed E-state index contributed by atoms with van der Waals surface area (Å²) >= 11 is 3.52. The maximum absolute atomic E-state index is 4.49. The number of para-hydroxylation sites is 1. The van der Waals surface area contributed by atoms with E-state index in [1.165, 1.54) is 0 Å². The molecular weight excluding hydrogens is 316 g/mol. The van der Waals surface area contributed by atoms with Gasteiger partial charge in [-0.2, -0.15) is 4.98 Å². The van der Waals surface area contributed by atoms with Crippen molar-refractivity contribution in [1.29, 1.82) is 0 Å². The van der Waals surface area contributed by atoms with Gasteiger partial charge in [0.05, 0.1) is 5.69 Å². The van der Waals surface area contributed by atoms with E-state index in [9.17, 15) is 0 Å². The largest absolute Gasteiger partial charge is 0.354 e. The van der Waals surface area contributed by atoms with Crippen LogP contribution in [0.25, 0.3) is 0 Å². The van der Waals surface area contributed by atoms with Crippen molar-refractivity contribution in [2.24, 2.45) is 0 Å². The lowest BCUT2D eigenvalue weighted by Crippen LogP contribution is -2.07. The third-order valence-electron chi connectivity index (χ3n) is 2.80. The molecule has 0 saturated carbocycles. The van der Waals surface area contributed by atoms with Crippen molar-refractivity contribution in [2.75, 3.05) is 17.2 Å². The number of benzene rings is 1.